The Kier molecular flexibility index (Phi) is 6.02. The Morgan fingerprint density at radius 2 is 1.84 bits per heavy atom. The van der Waals surface area contributed by atoms with Crippen LogP contribution in [0, 0.1) is 34.5 Å². The maximum Gasteiger partial charge on any atom is 0.336 e. The van der Waals surface area contributed by atoms with Gasteiger partial charge in [-0.05, 0) is 91.1 Å². The zero-order valence-corrected chi connectivity index (χ0v) is 20.0. The van der Waals surface area contributed by atoms with Crippen molar-refractivity contribution < 1.29 is 19.8 Å². The number of benzene rings is 1. The average molecular weight is 439 g/mol. The molecule has 0 heterocycles. The molecule has 0 aliphatic heterocycles. The average Bonchev–Trinajstić information content (AvgIpc) is 2.72. The molecule has 2 unspecified atom stereocenters. The lowest BCUT2D eigenvalue weighted by molar-refractivity contribution is -0.0567. The zero-order chi connectivity index (χ0) is 23.3. The van der Waals surface area contributed by atoms with Crippen LogP contribution in [0.15, 0.2) is 29.8 Å². The summed E-state index contributed by atoms with van der Waals surface area (Å²) in [6.07, 6.45) is 11.5. The Bertz CT molecular complexity index is 945. The number of allylic oxidation sites excluding steroid dienone is 2. The van der Waals surface area contributed by atoms with Gasteiger partial charge in [0, 0.05) is 0 Å². The molecule has 4 rings (SSSR count). The first-order chi connectivity index (χ1) is 15.1. The van der Waals surface area contributed by atoms with Crippen molar-refractivity contribution in [1.29, 1.82) is 0 Å². The fourth-order valence-corrected chi connectivity index (χ4v) is 7.74. The number of carbonyl (C=O) groups is 2. The van der Waals surface area contributed by atoms with Crippen LogP contribution < -0.4 is 0 Å². The predicted molar refractivity (Wildman–Crippen MR) is 126 cm³/mol. The van der Waals surface area contributed by atoms with E-state index < -0.39 is 11.9 Å². The molecule has 0 radical (unpaired) electrons. The van der Waals surface area contributed by atoms with Crippen LogP contribution in [0.25, 0.3) is 0 Å². The summed E-state index contributed by atoms with van der Waals surface area (Å²) in [5.41, 5.74) is 2.42. The van der Waals surface area contributed by atoms with Crippen LogP contribution in [-0.2, 0) is 6.42 Å². The molecular formula is C28H38O4. The van der Waals surface area contributed by atoms with Crippen LogP contribution in [0.2, 0.25) is 0 Å². The third-order valence-corrected chi connectivity index (χ3v) is 9.42. The van der Waals surface area contributed by atoms with Crippen molar-refractivity contribution in [2.45, 2.75) is 79.1 Å². The monoisotopic (exact) mass is 438 g/mol. The van der Waals surface area contributed by atoms with E-state index in [-0.39, 0.29) is 22.0 Å². The Balaban J connectivity index is 1.68. The molecule has 0 spiro atoms. The van der Waals surface area contributed by atoms with Crippen molar-refractivity contribution in [1.82, 2.24) is 0 Å². The maximum absolute atomic E-state index is 12.0. The Hall–Kier alpha value is -2.10. The molecule has 4 nitrogen and oxygen atoms in total. The van der Waals surface area contributed by atoms with Crippen molar-refractivity contribution in [2.75, 3.05) is 0 Å². The molecule has 2 N–H and O–H groups in total. The van der Waals surface area contributed by atoms with Crippen LogP contribution in [0.4, 0.5) is 0 Å². The van der Waals surface area contributed by atoms with Crippen LogP contribution in [0.3, 0.4) is 0 Å². The fraction of sp³-hybridized carbons (Fsp3) is 0.643. The number of hydrogen-bond acceptors (Lipinski definition) is 2. The lowest BCUT2D eigenvalue weighted by Crippen LogP contribution is -2.51. The molecule has 3 aliphatic rings. The molecule has 1 aromatic rings. The lowest BCUT2D eigenvalue weighted by atomic mass is 9.45. The standard InChI is InChI=1S/C28H38O4/c1-17(2)18-9-11-22-19(15-18)10-12-23-27(3,13-6-14-28(22,23)4)16-20-7-5-8-21(25(29)30)24(20)26(31)32/h5,7-8,10,17-18,22-23H,6,9,11-16H2,1-4H3,(H,29,30)(H,31,32)/t18?,22-,23?,27-,28-/m1/s1. The second-order valence-electron chi connectivity index (χ2n) is 11.5. The summed E-state index contributed by atoms with van der Waals surface area (Å²) < 4.78 is 0. The van der Waals surface area contributed by atoms with Gasteiger partial charge in [-0.1, -0.05) is 57.9 Å². The van der Waals surface area contributed by atoms with Crippen LogP contribution in [-0.4, -0.2) is 22.2 Å². The Morgan fingerprint density at radius 3 is 2.50 bits per heavy atom. The largest absolute Gasteiger partial charge is 0.478 e. The second-order valence-corrected chi connectivity index (χ2v) is 11.5. The Labute approximate surface area is 192 Å². The molecule has 0 saturated heterocycles. The number of rotatable bonds is 5. The van der Waals surface area contributed by atoms with Crippen molar-refractivity contribution in [3.05, 3.63) is 46.5 Å². The highest BCUT2D eigenvalue weighted by Gasteiger charge is 2.54. The van der Waals surface area contributed by atoms with Crippen molar-refractivity contribution in [3.8, 4) is 0 Å². The molecular weight excluding hydrogens is 400 g/mol. The van der Waals surface area contributed by atoms with Gasteiger partial charge in [0.15, 0.2) is 0 Å². The maximum atomic E-state index is 12.0. The molecule has 2 fully saturated rings. The smallest absolute Gasteiger partial charge is 0.336 e. The number of aromatic carboxylic acids is 2. The molecule has 2 saturated carbocycles. The van der Waals surface area contributed by atoms with E-state index in [1.807, 2.05) is 6.07 Å². The number of hydrogen-bond donors (Lipinski definition) is 2. The summed E-state index contributed by atoms with van der Waals surface area (Å²) in [4.78, 5) is 23.7. The van der Waals surface area contributed by atoms with Crippen LogP contribution in [0.1, 0.15) is 98.9 Å². The van der Waals surface area contributed by atoms with Crippen molar-refractivity contribution >= 4 is 11.9 Å². The normalized spacial score (nSPS) is 34.4. The highest BCUT2D eigenvalue weighted by molar-refractivity contribution is 6.02. The van der Waals surface area contributed by atoms with Gasteiger partial charge in [-0.3, -0.25) is 0 Å². The van der Waals surface area contributed by atoms with Gasteiger partial charge in [-0.25, -0.2) is 9.59 Å². The minimum Gasteiger partial charge on any atom is -0.478 e. The zero-order valence-electron chi connectivity index (χ0n) is 20.0. The van der Waals surface area contributed by atoms with E-state index >= 15 is 0 Å². The van der Waals surface area contributed by atoms with Crippen LogP contribution in [0.5, 0.6) is 0 Å². The van der Waals surface area contributed by atoms with E-state index in [2.05, 4.69) is 33.8 Å². The van der Waals surface area contributed by atoms with E-state index in [1.54, 1.807) is 11.6 Å². The van der Waals surface area contributed by atoms with Gasteiger partial charge in [0.2, 0.25) is 0 Å². The van der Waals surface area contributed by atoms with Gasteiger partial charge in [-0.15, -0.1) is 0 Å². The van der Waals surface area contributed by atoms with Gasteiger partial charge in [0.05, 0.1) is 11.1 Å². The van der Waals surface area contributed by atoms with Gasteiger partial charge in [-0.2, -0.15) is 0 Å². The fourth-order valence-electron chi connectivity index (χ4n) is 7.74. The molecule has 0 bridgehead atoms. The van der Waals surface area contributed by atoms with E-state index in [0.717, 1.165) is 31.1 Å². The minimum absolute atomic E-state index is 0.0296. The summed E-state index contributed by atoms with van der Waals surface area (Å²) in [5.74, 6) is 0.343. The van der Waals surface area contributed by atoms with Gasteiger partial charge < -0.3 is 10.2 Å². The SMILES string of the molecule is CC(C)C1CC[C@@H]2C(=CCC3[C@@](C)(Cc4cccc(C(=O)O)c4C(=O)O)CCC[C@@]32C)C1. The lowest BCUT2D eigenvalue weighted by Gasteiger charge is -2.59. The summed E-state index contributed by atoms with van der Waals surface area (Å²) in [6.45, 7) is 9.52. The number of carboxylic acid groups (broad SMARTS) is 2. The van der Waals surface area contributed by atoms with Crippen molar-refractivity contribution in [2.24, 2.45) is 34.5 Å². The third-order valence-electron chi connectivity index (χ3n) is 9.42. The van der Waals surface area contributed by atoms with E-state index in [1.165, 1.54) is 31.7 Å². The third kappa shape index (κ3) is 3.80. The molecule has 5 atom stereocenters. The molecule has 3 aliphatic carbocycles. The molecule has 0 amide bonds. The quantitative estimate of drug-likeness (QED) is 0.494. The first-order valence-electron chi connectivity index (χ1n) is 12.3. The number of fused-ring (bicyclic) bond motifs is 3. The van der Waals surface area contributed by atoms with E-state index in [0.29, 0.717) is 23.8 Å². The Morgan fingerprint density at radius 1 is 1.09 bits per heavy atom. The summed E-state index contributed by atoms with van der Waals surface area (Å²) in [6, 6.07) is 4.93. The van der Waals surface area contributed by atoms with Crippen molar-refractivity contribution in [3.63, 3.8) is 0 Å². The highest BCUT2D eigenvalue weighted by atomic mass is 16.4. The molecule has 1 aromatic carbocycles. The van der Waals surface area contributed by atoms with Crippen LogP contribution >= 0.6 is 0 Å². The molecule has 174 valence electrons. The van der Waals surface area contributed by atoms with Gasteiger partial charge >= 0.3 is 11.9 Å². The predicted octanol–water partition coefficient (Wildman–Crippen LogP) is 6.84. The number of carboxylic acids is 2. The summed E-state index contributed by atoms with van der Waals surface area (Å²) in [7, 11) is 0. The van der Waals surface area contributed by atoms with E-state index in [4.69, 9.17) is 0 Å². The molecule has 0 aromatic heterocycles. The molecule has 4 heteroatoms. The summed E-state index contributed by atoms with van der Waals surface area (Å²) >= 11 is 0. The first-order valence-corrected chi connectivity index (χ1v) is 12.3. The highest BCUT2D eigenvalue weighted by Crippen LogP contribution is 2.63. The summed E-state index contributed by atoms with van der Waals surface area (Å²) in [5, 5.41) is 19.4. The molecule has 32 heavy (non-hydrogen) atoms. The van der Waals surface area contributed by atoms with E-state index in [9.17, 15) is 19.8 Å². The van der Waals surface area contributed by atoms with Gasteiger partial charge in [0.25, 0.3) is 0 Å². The van der Waals surface area contributed by atoms with Gasteiger partial charge in [0.1, 0.15) is 0 Å². The second kappa shape index (κ2) is 8.35. The topological polar surface area (TPSA) is 74.6 Å². The first kappa shape index (κ1) is 23.1. The minimum atomic E-state index is -1.17.